The molecule has 2 aromatic heterocycles. The maximum Gasteiger partial charge on any atom is 0.244 e. The Balaban J connectivity index is 1.61. The van der Waals surface area contributed by atoms with Gasteiger partial charge in [-0.1, -0.05) is 23.7 Å². The van der Waals surface area contributed by atoms with Crippen LogP contribution in [-0.4, -0.2) is 37.6 Å². The van der Waals surface area contributed by atoms with Gasteiger partial charge < -0.3 is 10.6 Å². The van der Waals surface area contributed by atoms with Crippen molar-refractivity contribution in [3.8, 4) is 11.4 Å². The Bertz CT molecular complexity index is 847. The Morgan fingerprint density at radius 1 is 1.29 bits per heavy atom. The summed E-state index contributed by atoms with van der Waals surface area (Å²) in [5.41, 5.74) is 1.64. The number of nitrogens with zero attached hydrogens (tertiary/aromatic N) is 5. The lowest BCUT2D eigenvalue weighted by Crippen LogP contribution is -2.22. The molecule has 0 aliphatic carbocycles. The summed E-state index contributed by atoms with van der Waals surface area (Å²) >= 11 is 5.75. The van der Waals surface area contributed by atoms with Gasteiger partial charge in [0.2, 0.25) is 5.91 Å². The van der Waals surface area contributed by atoms with E-state index in [0.29, 0.717) is 16.7 Å². The highest BCUT2D eigenvalue weighted by atomic mass is 35.5. The van der Waals surface area contributed by atoms with Gasteiger partial charge in [-0.3, -0.25) is 4.79 Å². The van der Waals surface area contributed by atoms with Crippen molar-refractivity contribution < 1.29 is 4.79 Å². The minimum absolute atomic E-state index is 0.102. The van der Waals surface area contributed by atoms with Crippen LogP contribution in [0.25, 0.3) is 11.4 Å². The second-order valence-electron chi connectivity index (χ2n) is 4.97. The van der Waals surface area contributed by atoms with Gasteiger partial charge in [-0.2, -0.15) is 0 Å². The molecule has 0 bridgehead atoms. The van der Waals surface area contributed by atoms with Crippen LogP contribution in [0, 0.1) is 0 Å². The second-order valence-corrected chi connectivity index (χ2v) is 5.41. The summed E-state index contributed by atoms with van der Waals surface area (Å²) in [6.07, 6.45) is 1.48. The molecule has 0 fully saturated rings. The highest BCUT2D eigenvalue weighted by Gasteiger charge is 2.07. The van der Waals surface area contributed by atoms with Gasteiger partial charge in [-0.25, -0.2) is 9.67 Å². The van der Waals surface area contributed by atoms with E-state index in [1.54, 1.807) is 23.9 Å². The molecule has 3 aromatic rings. The Labute approximate surface area is 142 Å². The van der Waals surface area contributed by atoms with Crippen LogP contribution in [0.5, 0.6) is 0 Å². The molecule has 1 amide bonds. The quantitative estimate of drug-likeness (QED) is 0.735. The average Bonchev–Trinajstić information content (AvgIpc) is 3.01. The third kappa shape index (κ3) is 3.85. The molecule has 2 N–H and O–H groups in total. The number of tetrazole rings is 1. The summed E-state index contributed by atoms with van der Waals surface area (Å²) in [6.45, 7) is 0.102. The lowest BCUT2D eigenvalue weighted by Gasteiger charge is -2.08. The van der Waals surface area contributed by atoms with Gasteiger partial charge in [-0.05, 0) is 34.7 Å². The number of carbonyl (C=O) groups excluding carboxylic acids is 1. The number of aromatic nitrogens is 5. The van der Waals surface area contributed by atoms with Gasteiger partial charge in [0, 0.05) is 24.5 Å². The highest BCUT2D eigenvalue weighted by molar-refractivity contribution is 6.30. The van der Waals surface area contributed by atoms with Crippen molar-refractivity contribution in [2.45, 2.75) is 0 Å². The fourth-order valence-electron chi connectivity index (χ4n) is 2.06. The molecule has 3 rings (SSSR count). The molecular weight excluding hydrogens is 330 g/mol. The zero-order valence-corrected chi connectivity index (χ0v) is 13.5. The van der Waals surface area contributed by atoms with Crippen molar-refractivity contribution in [2.24, 2.45) is 7.05 Å². The van der Waals surface area contributed by atoms with Gasteiger partial charge in [0.1, 0.15) is 5.82 Å². The molecule has 2 heterocycles. The molecule has 0 aliphatic heterocycles. The number of nitrogens with one attached hydrogen (secondary N) is 2. The number of hydrogen-bond donors (Lipinski definition) is 2. The van der Waals surface area contributed by atoms with Crippen LogP contribution in [0.15, 0.2) is 42.6 Å². The molecule has 0 atom stereocenters. The smallest absolute Gasteiger partial charge is 0.244 e. The molecule has 122 valence electrons. The summed E-state index contributed by atoms with van der Waals surface area (Å²) in [5, 5.41) is 17.6. The standard InChI is InChI=1S/C15H14ClN7O/c1-23-15(20-21-22-23)10-3-2-4-12(7-10)17-9-14(24)19-13-6-5-11(16)8-18-13/h2-8,17H,9H2,1H3,(H,18,19,24). The molecule has 24 heavy (non-hydrogen) atoms. The predicted molar refractivity (Wildman–Crippen MR) is 90.6 cm³/mol. The number of pyridine rings is 1. The van der Waals surface area contributed by atoms with E-state index in [0.717, 1.165) is 11.3 Å². The first-order valence-electron chi connectivity index (χ1n) is 7.10. The average molecular weight is 344 g/mol. The second kappa shape index (κ2) is 7.05. The predicted octanol–water partition coefficient (Wildman–Crippen LogP) is 1.98. The maximum atomic E-state index is 12.0. The lowest BCUT2D eigenvalue weighted by molar-refractivity contribution is -0.114. The number of hydrogen-bond acceptors (Lipinski definition) is 6. The first kappa shape index (κ1) is 15.9. The first-order valence-corrected chi connectivity index (χ1v) is 7.48. The van der Waals surface area contributed by atoms with E-state index < -0.39 is 0 Å². The van der Waals surface area contributed by atoms with Crippen molar-refractivity contribution >= 4 is 29.0 Å². The molecule has 0 spiro atoms. The van der Waals surface area contributed by atoms with E-state index in [9.17, 15) is 4.79 Å². The third-order valence-electron chi connectivity index (χ3n) is 3.19. The van der Waals surface area contributed by atoms with E-state index in [1.165, 1.54) is 6.20 Å². The first-order chi connectivity index (χ1) is 11.6. The van der Waals surface area contributed by atoms with Gasteiger partial charge in [0.15, 0.2) is 5.82 Å². The summed E-state index contributed by atoms with van der Waals surface area (Å²) in [7, 11) is 1.77. The van der Waals surface area contributed by atoms with Crippen LogP contribution in [0.3, 0.4) is 0 Å². The number of amides is 1. The van der Waals surface area contributed by atoms with Crippen molar-refractivity contribution in [1.29, 1.82) is 0 Å². The number of halogens is 1. The summed E-state index contributed by atoms with van der Waals surface area (Å²) < 4.78 is 1.58. The molecule has 8 nitrogen and oxygen atoms in total. The van der Waals surface area contributed by atoms with E-state index in [-0.39, 0.29) is 12.5 Å². The topological polar surface area (TPSA) is 97.6 Å². The van der Waals surface area contributed by atoms with Gasteiger partial charge in [0.05, 0.1) is 11.6 Å². The molecule has 1 aromatic carbocycles. The van der Waals surface area contributed by atoms with Crippen molar-refractivity contribution in [3.05, 3.63) is 47.6 Å². The number of aryl methyl sites for hydroxylation is 1. The number of rotatable bonds is 5. The molecule has 0 aliphatic rings. The molecular formula is C15H14ClN7O. The van der Waals surface area contributed by atoms with Gasteiger partial charge in [0.25, 0.3) is 0 Å². The van der Waals surface area contributed by atoms with E-state index in [2.05, 4.69) is 31.1 Å². The highest BCUT2D eigenvalue weighted by Crippen LogP contribution is 2.19. The van der Waals surface area contributed by atoms with Gasteiger partial charge >= 0.3 is 0 Å². The van der Waals surface area contributed by atoms with E-state index >= 15 is 0 Å². The van der Waals surface area contributed by atoms with Crippen molar-refractivity contribution in [3.63, 3.8) is 0 Å². The third-order valence-corrected chi connectivity index (χ3v) is 3.41. The van der Waals surface area contributed by atoms with Crippen LogP contribution in [0.4, 0.5) is 11.5 Å². The van der Waals surface area contributed by atoms with Crippen LogP contribution < -0.4 is 10.6 Å². The Morgan fingerprint density at radius 2 is 2.17 bits per heavy atom. The maximum absolute atomic E-state index is 12.0. The summed E-state index contributed by atoms with van der Waals surface area (Å²) in [6, 6.07) is 10.8. The fraction of sp³-hybridized carbons (Fsp3) is 0.133. The molecule has 0 saturated heterocycles. The largest absolute Gasteiger partial charge is 0.376 e. The van der Waals surface area contributed by atoms with Crippen LogP contribution in [0.2, 0.25) is 5.02 Å². The zero-order chi connectivity index (χ0) is 16.9. The van der Waals surface area contributed by atoms with Gasteiger partial charge in [-0.15, -0.1) is 5.10 Å². The normalized spacial score (nSPS) is 10.4. The number of anilines is 2. The van der Waals surface area contributed by atoms with Crippen LogP contribution in [0.1, 0.15) is 0 Å². The monoisotopic (exact) mass is 343 g/mol. The van der Waals surface area contributed by atoms with Crippen molar-refractivity contribution in [1.82, 2.24) is 25.2 Å². The molecule has 0 unspecified atom stereocenters. The number of carbonyl (C=O) groups is 1. The van der Waals surface area contributed by atoms with Crippen molar-refractivity contribution in [2.75, 3.05) is 17.2 Å². The number of benzene rings is 1. The van der Waals surface area contributed by atoms with Crippen LogP contribution >= 0.6 is 11.6 Å². The van der Waals surface area contributed by atoms with E-state index in [4.69, 9.17) is 11.6 Å². The summed E-state index contributed by atoms with van der Waals surface area (Å²) in [4.78, 5) is 16.0. The van der Waals surface area contributed by atoms with Crippen LogP contribution in [-0.2, 0) is 11.8 Å². The fourth-order valence-corrected chi connectivity index (χ4v) is 2.17. The zero-order valence-electron chi connectivity index (χ0n) is 12.8. The minimum atomic E-state index is -0.212. The Morgan fingerprint density at radius 3 is 2.88 bits per heavy atom. The van der Waals surface area contributed by atoms with E-state index in [1.807, 2.05) is 24.3 Å². The molecule has 0 saturated carbocycles. The SMILES string of the molecule is Cn1nnnc1-c1cccc(NCC(=O)Nc2ccc(Cl)cn2)c1. The molecule has 9 heteroatoms. The Kier molecular flexibility index (Phi) is 4.66. The Hall–Kier alpha value is -3.00. The lowest BCUT2D eigenvalue weighted by atomic mass is 10.2. The summed E-state index contributed by atoms with van der Waals surface area (Å²) in [5.74, 6) is 0.883. The molecule has 0 radical (unpaired) electrons. The minimum Gasteiger partial charge on any atom is -0.376 e.